The molecule has 4 nitrogen and oxygen atoms in total. The van der Waals surface area contributed by atoms with E-state index < -0.39 is 0 Å². The van der Waals surface area contributed by atoms with Gasteiger partial charge in [-0.15, -0.1) is 0 Å². The molecule has 1 amide bonds. The maximum absolute atomic E-state index is 12.0. The Bertz CT molecular complexity index is 454. The third-order valence-corrected chi connectivity index (χ3v) is 4.10. The van der Waals surface area contributed by atoms with Gasteiger partial charge in [0.25, 0.3) is 0 Å². The molecule has 0 aromatic heterocycles. The van der Waals surface area contributed by atoms with Crippen LogP contribution in [-0.4, -0.2) is 43.6 Å². The van der Waals surface area contributed by atoms with Crippen molar-refractivity contribution >= 4 is 5.91 Å². The molecule has 0 radical (unpaired) electrons. The largest absolute Gasteiger partial charge is 0.497 e. The van der Waals surface area contributed by atoms with E-state index in [1.54, 1.807) is 7.11 Å². The summed E-state index contributed by atoms with van der Waals surface area (Å²) in [4.78, 5) is 14.1. The zero-order chi connectivity index (χ0) is 15.2. The van der Waals surface area contributed by atoms with Crippen LogP contribution in [0.3, 0.4) is 0 Å². The van der Waals surface area contributed by atoms with Crippen LogP contribution < -0.4 is 10.1 Å². The topological polar surface area (TPSA) is 41.6 Å². The molecule has 0 saturated heterocycles. The summed E-state index contributed by atoms with van der Waals surface area (Å²) in [5.41, 5.74) is 1.30. The molecule has 1 aromatic rings. The van der Waals surface area contributed by atoms with E-state index in [-0.39, 0.29) is 11.9 Å². The van der Waals surface area contributed by atoms with E-state index in [0.29, 0.717) is 6.04 Å². The fourth-order valence-electron chi connectivity index (χ4n) is 2.27. The molecule has 21 heavy (non-hydrogen) atoms. The minimum absolute atomic E-state index is 0.0542. The van der Waals surface area contributed by atoms with Crippen molar-refractivity contribution in [3.63, 3.8) is 0 Å². The molecule has 1 saturated carbocycles. The summed E-state index contributed by atoms with van der Waals surface area (Å²) >= 11 is 0. The molecule has 1 N–H and O–H groups in total. The molecule has 1 fully saturated rings. The van der Waals surface area contributed by atoms with Crippen LogP contribution in [0.2, 0.25) is 0 Å². The van der Waals surface area contributed by atoms with Gasteiger partial charge in [0.1, 0.15) is 5.75 Å². The Labute approximate surface area is 127 Å². The number of amides is 1. The van der Waals surface area contributed by atoms with Gasteiger partial charge in [-0.05, 0) is 63.9 Å². The highest BCUT2D eigenvalue weighted by atomic mass is 16.5. The zero-order valence-electron chi connectivity index (χ0n) is 13.3. The number of nitrogens with zero attached hydrogens (tertiary/aromatic N) is 1. The van der Waals surface area contributed by atoms with E-state index in [2.05, 4.69) is 22.3 Å². The number of rotatable bonds is 8. The van der Waals surface area contributed by atoms with E-state index in [1.165, 1.54) is 5.56 Å². The van der Waals surface area contributed by atoms with Gasteiger partial charge in [0, 0.05) is 6.04 Å². The molecular formula is C17H26N2O2. The molecule has 0 bridgehead atoms. The normalized spacial score (nSPS) is 15.8. The Morgan fingerprint density at radius 1 is 1.38 bits per heavy atom. The summed E-state index contributed by atoms with van der Waals surface area (Å²) in [7, 11) is 3.70. The van der Waals surface area contributed by atoms with Crippen LogP contribution in [0.5, 0.6) is 5.75 Å². The number of aryl methyl sites for hydroxylation is 1. The summed E-state index contributed by atoms with van der Waals surface area (Å²) in [6, 6.07) is 8.56. The summed E-state index contributed by atoms with van der Waals surface area (Å²) in [5, 5.41) is 3.06. The first kappa shape index (κ1) is 15.8. The quantitative estimate of drug-likeness (QED) is 0.798. The fourth-order valence-corrected chi connectivity index (χ4v) is 2.27. The molecule has 0 spiro atoms. The minimum atomic E-state index is -0.0542. The average Bonchev–Trinajstić information content (AvgIpc) is 3.31. The first-order valence-corrected chi connectivity index (χ1v) is 7.73. The number of likely N-dealkylation sites (N-methyl/N-ethyl adjacent to an activating group) is 1. The van der Waals surface area contributed by atoms with Crippen LogP contribution in [0.25, 0.3) is 0 Å². The van der Waals surface area contributed by atoms with Crippen molar-refractivity contribution in [2.45, 2.75) is 44.7 Å². The third-order valence-electron chi connectivity index (χ3n) is 4.10. The van der Waals surface area contributed by atoms with E-state index in [0.717, 1.165) is 38.0 Å². The van der Waals surface area contributed by atoms with E-state index >= 15 is 0 Å². The first-order chi connectivity index (χ1) is 10.1. The third kappa shape index (κ3) is 5.05. The molecule has 1 aliphatic carbocycles. The Balaban J connectivity index is 1.69. The number of carbonyl (C=O) groups excluding carboxylic acids is 1. The highest BCUT2D eigenvalue weighted by Gasteiger charge is 2.26. The summed E-state index contributed by atoms with van der Waals surface area (Å²) in [6.45, 7) is 2.90. The van der Waals surface area contributed by atoms with Gasteiger partial charge in [-0.2, -0.15) is 0 Å². The zero-order valence-corrected chi connectivity index (χ0v) is 13.3. The lowest BCUT2D eigenvalue weighted by molar-refractivity contribution is -0.125. The molecule has 1 aromatic carbocycles. The Morgan fingerprint density at radius 3 is 2.62 bits per heavy atom. The molecule has 116 valence electrons. The van der Waals surface area contributed by atoms with Crippen LogP contribution in [-0.2, 0) is 11.2 Å². The summed E-state index contributed by atoms with van der Waals surface area (Å²) < 4.78 is 5.15. The van der Waals surface area contributed by atoms with Crippen molar-refractivity contribution in [1.29, 1.82) is 0 Å². The maximum atomic E-state index is 12.0. The monoisotopic (exact) mass is 290 g/mol. The van der Waals surface area contributed by atoms with Crippen LogP contribution in [0.1, 0.15) is 31.7 Å². The second-order valence-electron chi connectivity index (χ2n) is 5.89. The standard InChI is InChI=1S/C17H26N2O2/c1-13(17(20)18-15-8-9-15)19(2)12-4-5-14-6-10-16(21-3)11-7-14/h6-7,10-11,13,15H,4-5,8-9,12H2,1-3H3,(H,18,20). The number of hydrogen-bond acceptors (Lipinski definition) is 3. The average molecular weight is 290 g/mol. The highest BCUT2D eigenvalue weighted by molar-refractivity contribution is 5.81. The van der Waals surface area contributed by atoms with Crippen molar-refractivity contribution in [2.24, 2.45) is 0 Å². The molecule has 4 heteroatoms. The van der Waals surface area contributed by atoms with Gasteiger partial charge in [0.15, 0.2) is 0 Å². The van der Waals surface area contributed by atoms with Crippen LogP contribution in [0.4, 0.5) is 0 Å². The second-order valence-corrected chi connectivity index (χ2v) is 5.89. The van der Waals surface area contributed by atoms with E-state index in [1.807, 2.05) is 26.1 Å². The molecule has 0 heterocycles. The Kier molecular flexibility index (Phi) is 5.62. The van der Waals surface area contributed by atoms with E-state index in [4.69, 9.17) is 4.74 Å². The maximum Gasteiger partial charge on any atom is 0.237 e. The van der Waals surface area contributed by atoms with Crippen LogP contribution >= 0.6 is 0 Å². The minimum Gasteiger partial charge on any atom is -0.497 e. The molecule has 1 aliphatic rings. The van der Waals surface area contributed by atoms with Crippen molar-refractivity contribution in [3.05, 3.63) is 29.8 Å². The molecule has 1 atom stereocenters. The van der Waals surface area contributed by atoms with Crippen LogP contribution in [0, 0.1) is 0 Å². The molecular weight excluding hydrogens is 264 g/mol. The number of benzene rings is 1. The van der Waals surface area contributed by atoms with Crippen molar-refractivity contribution < 1.29 is 9.53 Å². The lowest BCUT2D eigenvalue weighted by Crippen LogP contribution is -2.44. The molecule has 1 unspecified atom stereocenters. The fraction of sp³-hybridized carbons (Fsp3) is 0.588. The van der Waals surface area contributed by atoms with Crippen LogP contribution in [0.15, 0.2) is 24.3 Å². The lowest BCUT2D eigenvalue weighted by atomic mass is 10.1. The Morgan fingerprint density at radius 2 is 2.05 bits per heavy atom. The second kappa shape index (κ2) is 7.46. The highest BCUT2D eigenvalue weighted by Crippen LogP contribution is 2.19. The summed E-state index contributed by atoms with van der Waals surface area (Å²) in [5.74, 6) is 1.05. The van der Waals surface area contributed by atoms with Crippen molar-refractivity contribution in [1.82, 2.24) is 10.2 Å². The van der Waals surface area contributed by atoms with E-state index in [9.17, 15) is 4.79 Å². The number of nitrogens with one attached hydrogen (secondary N) is 1. The van der Waals surface area contributed by atoms with Gasteiger partial charge in [-0.25, -0.2) is 0 Å². The molecule has 0 aliphatic heterocycles. The first-order valence-electron chi connectivity index (χ1n) is 7.73. The predicted octanol–water partition coefficient (Wildman–Crippen LogP) is 2.23. The van der Waals surface area contributed by atoms with Crippen molar-refractivity contribution in [2.75, 3.05) is 20.7 Å². The molecule has 2 rings (SSSR count). The van der Waals surface area contributed by atoms with Gasteiger partial charge >= 0.3 is 0 Å². The number of carbonyl (C=O) groups is 1. The SMILES string of the molecule is COc1ccc(CCCN(C)C(C)C(=O)NC2CC2)cc1. The Hall–Kier alpha value is -1.55. The van der Waals surface area contributed by atoms with Crippen molar-refractivity contribution in [3.8, 4) is 5.75 Å². The van der Waals surface area contributed by atoms with Gasteiger partial charge < -0.3 is 10.1 Å². The van der Waals surface area contributed by atoms with Gasteiger partial charge in [0.2, 0.25) is 5.91 Å². The smallest absolute Gasteiger partial charge is 0.237 e. The summed E-state index contributed by atoms with van der Waals surface area (Å²) in [6.07, 6.45) is 4.34. The number of ether oxygens (including phenoxy) is 1. The van der Waals surface area contributed by atoms with Gasteiger partial charge in [-0.1, -0.05) is 12.1 Å². The number of methoxy groups -OCH3 is 1. The lowest BCUT2D eigenvalue weighted by Gasteiger charge is -2.23. The predicted molar refractivity (Wildman–Crippen MR) is 84.6 cm³/mol. The van der Waals surface area contributed by atoms with Gasteiger partial charge in [-0.3, -0.25) is 9.69 Å². The number of hydrogen-bond donors (Lipinski definition) is 1. The van der Waals surface area contributed by atoms with Gasteiger partial charge in [0.05, 0.1) is 13.2 Å².